The number of carbonyl (C=O) groups is 2. The third kappa shape index (κ3) is 5.77. The number of carboxylic acids is 1. The Morgan fingerprint density at radius 2 is 1.81 bits per heavy atom. The molecule has 3 aromatic rings. The zero-order valence-corrected chi connectivity index (χ0v) is 20.5. The van der Waals surface area contributed by atoms with Gasteiger partial charge in [-0.3, -0.25) is 4.79 Å². The number of para-hydroxylation sites is 1. The van der Waals surface area contributed by atoms with Crippen LogP contribution in [-0.2, 0) is 14.6 Å². The summed E-state index contributed by atoms with van der Waals surface area (Å²) in [5.74, 6) is -0.567. The van der Waals surface area contributed by atoms with Crippen LogP contribution in [0.25, 0.3) is 0 Å². The smallest absolute Gasteiger partial charge is 0.341 e. The van der Waals surface area contributed by atoms with E-state index >= 15 is 0 Å². The highest BCUT2D eigenvalue weighted by atomic mass is 32.2. The van der Waals surface area contributed by atoms with Gasteiger partial charge in [-0.2, -0.15) is 0 Å². The highest BCUT2D eigenvalue weighted by Crippen LogP contribution is 2.40. The first-order valence-corrected chi connectivity index (χ1v) is 13.2. The second-order valence-corrected chi connectivity index (χ2v) is 10.2. The number of carbonyl (C=O) groups excluding carboxylic acids is 1. The second-order valence-electron chi connectivity index (χ2n) is 8.21. The molecule has 1 aliphatic rings. The highest BCUT2D eigenvalue weighted by Gasteiger charge is 2.25. The zero-order chi connectivity index (χ0) is 25.7. The summed E-state index contributed by atoms with van der Waals surface area (Å²) in [6, 6.07) is 20.4. The van der Waals surface area contributed by atoms with E-state index in [-0.39, 0.29) is 17.3 Å². The number of sulfone groups is 1. The van der Waals surface area contributed by atoms with E-state index in [1.54, 1.807) is 53.4 Å². The average Bonchev–Trinajstić information content (AvgIpc) is 2.87. The number of nitrogens with zero attached hydrogens (tertiary/aromatic N) is 2. The van der Waals surface area contributed by atoms with E-state index in [0.717, 1.165) is 11.9 Å². The van der Waals surface area contributed by atoms with Crippen LogP contribution < -0.4 is 19.3 Å². The van der Waals surface area contributed by atoms with Crippen LogP contribution in [0.4, 0.5) is 11.4 Å². The van der Waals surface area contributed by atoms with Crippen molar-refractivity contribution in [2.45, 2.75) is 4.90 Å². The van der Waals surface area contributed by atoms with Gasteiger partial charge in [0.25, 0.3) is 5.91 Å². The average molecular weight is 511 g/mol. The second kappa shape index (κ2) is 10.7. The predicted octanol–water partition coefficient (Wildman–Crippen LogP) is 3.10. The van der Waals surface area contributed by atoms with Crippen LogP contribution >= 0.6 is 0 Å². The van der Waals surface area contributed by atoms with Crippen molar-refractivity contribution in [3.8, 4) is 11.5 Å². The minimum absolute atomic E-state index is 0.128. The maximum Gasteiger partial charge on any atom is 0.341 e. The Morgan fingerprint density at radius 1 is 1.06 bits per heavy atom. The maximum absolute atomic E-state index is 13.5. The molecule has 1 N–H and O–H groups in total. The molecule has 0 radical (unpaired) electrons. The van der Waals surface area contributed by atoms with Crippen LogP contribution in [0.15, 0.2) is 77.7 Å². The Balaban J connectivity index is 1.62. The monoisotopic (exact) mass is 510 g/mol. The largest absolute Gasteiger partial charge is 0.486 e. The summed E-state index contributed by atoms with van der Waals surface area (Å²) in [5.41, 5.74) is 1.67. The summed E-state index contributed by atoms with van der Waals surface area (Å²) < 4.78 is 35.4. The fourth-order valence-electron chi connectivity index (χ4n) is 3.95. The molecular formula is C26H26N2O7S. The number of rotatable bonds is 9. The van der Waals surface area contributed by atoms with Gasteiger partial charge in [0.05, 0.1) is 17.1 Å². The van der Waals surface area contributed by atoms with Gasteiger partial charge < -0.3 is 24.4 Å². The number of ether oxygens (including phenoxy) is 2. The predicted molar refractivity (Wildman–Crippen MR) is 135 cm³/mol. The lowest BCUT2D eigenvalue weighted by Gasteiger charge is -2.34. The first-order valence-electron chi connectivity index (χ1n) is 11.3. The number of benzene rings is 3. The molecule has 9 nitrogen and oxygen atoms in total. The van der Waals surface area contributed by atoms with E-state index in [2.05, 4.69) is 0 Å². The van der Waals surface area contributed by atoms with Gasteiger partial charge in [-0.15, -0.1) is 0 Å². The maximum atomic E-state index is 13.5. The molecule has 188 valence electrons. The van der Waals surface area contributed by atoms with E-state index in [1.165, 1.54) is 12.1 Å². The van der Waals surface area contributed by atoms with Crippen molar-refractivity contribution in [3.05, 3.63) is 78.4 Å². The van der Waals surface area contributed by atoms with Gasteiger partial charge in [-0.1, -0.05) is 30.3 Å². The molecule has 0 unspecified atom stereocenters. The molecule has 0 fully saturated rings. The molecule has 36 heavy (non-hydrogen) atoms. The van der Waals surface area contributed by atoms with Crippen molar-refractivity contribution in [3.63, 3.8) is 0 Å². The topological polar surface area (TPSA) is 113 Å². The number of aliphatic carboxylic acids is 1. The number of hydrogen-bond acceptors (Lipinski definition) is 7. The SMILES string of the molecule is CS(=O)(=O)c1cccc(N(CCN2CCOc3c(OCC(=O)O)cccc32)C(=O)c2ccccc2)c1. The number of amides is 1. The van der Waals surface area contributed by atoms with Crippen molar-refractivity contribution in [2.75, 3.05) is 48.9 Å². The minimum atomic E-state index is -3.46. The Hall–Kier alpha value is -4.05. The van der Waals surface area contributed by atoms with Crippen molar-refractivity contribution in [2.24, 2.45) is 0 Å². The van der Waals surface area contributed by atoms with Gasteiger partial charge in [0.15, 0.2) is 27.9 Å². The number of fused-ring (bicyclic) bond motifs is 1. The van der Waals surface area contributed by atoms with Crippen molar-refractivity contribution >= 4 is 33.1 Å². The van der Waals surface area contributed by atoms with Gasteiger partial charge in [0.1, 0.15) is 6.61 Å². The molecule has 1 amide bonds. The Labute approximate surface area is 209 Å². The van der Waals surface area contributed by atoms with Gasteiger partial charge in [-0.05, 0) is 42.5 Å². The van der Waals surface area contributed by atoms with Gasteiger partial charge in [-0.25, -0.2) is 13.2 Å². The lowest BCUT2D eigenvalue weighted by atomic mass is 10.1. The molecule has 3 aromatic carbocycles. The van der Waals surface area contributed by atoms with E-state index in [0.29, 0.717) is 42.4 Å². The summed E-state index contributed by atoms with van der Waals surface area (Å²) in [4.78, 5) is 28.1. The van der Waals surface area contributed by atoms with Crippen molar-refractivity contribution in [1.82, 2.24) is 0 Å². The van der Waals surface area contributed by atoms with Crippen LogP contribution in [0.5, 0.6) is 11.5 Å². The first kappa shape index (κ1) is 25.1. The summed E-state index contributed by atoms with van der Waals surface area (Å²) in [6.45, 7) is 1.10. The van der Waals surface area contributed by atoms with Crippen LogP contribution in [0.3, 0.4) is 0 Å². The zero-order valence-electron chi connectivity index (χ0n) is 19.7. The molecule has 1 aliphatic heterocycles. The number of anilines is 2. The first-order chi connectivity index (χ1) is 17.2. The molecule has 1 heterocycles. The van der Waals surface area contributed by atoms with E-state index in [4.69, 9.17) is 14.6 Å². The summed E-state index contributed by atoms with van der Waals surface area (Å²) in [5, 5.41) is 8.95. The molecule has 0 saturated carbocycles. The summed E-state index contributed by atoms with van der Waals surface area (Å²) >= 11 is 0. The van der Waals surface area contributed by atoms with E-state index in [9.17, 15) is 18.0 Å². The van der Waals surface area contributed by atoms with E-state index < -0.39 is 22.4 Å². The van der Waals surface area contributed by atoms with Gasteiger partial charge in [0.2, 0.25) is 0 Å². The van der Waals surface area contributed by atoms with Gasteiger partial charge in [0, 0.05) is 30.6 Å². The van der Waals surface area contributed by atoms with Crippen molar-refractivity contribution < 1.29 is 32.6 Å². The van der Waals surface area contributed by atoms with Crippen LogP contribution in [0.2, 0.25) is 0 Å². The molecule has 0 spiro atoms. The minimum Gasteiger partial charge on any atom is -0.486 e. The molecule has 0 aliphatic carbocycles. The molecule has 10 heteroatoms. The van der Waals surface area contributed by atoms with Crippen LogP contribution in [-0.4, -0.2) is 64.5 Å². The van der Waals surface area contributed by atoms with Crippen LogP contribution in [0, 0.1) is 0 Å². The lowest BCUT2D eigenvalue weighted by molar-refractivity contribution is -0.139. The molecule has 0 aromatic heterocycles. The third-order valence-corrected chi connectivity index (χ3v) is 6.78. The van der Waals surface area contributed by atoms with Crippen LogP contribution in [0.1, 0.15) is 10.4 Å². The fourth-order valence-corrected chi connectivity index (χ4v) is 4.61. The van der Waals surface area contributed by atoms with Crippen molar-refractivity contribution in [1.29, 1.82) is 0 Å². The third-order valence-electron chi connectivity index (χ3n) is 5.67. The van der Waals surface area contributed by atoms with E-state index in [1.807, 2.05) is 17.0 Å². The molecular weight excluding hydrogens is 484 g/mol. The number of carboxylic acid groups (broad SMARTS) is 1. The summed E-state index contributed by atoms with van der Waals surface area (Å²) in [7, 11) is -3.46. The Morgan fingerprint density at radius 3 is 2.53 bits per heavy atom. The normalized spacial score (nSPS) is 12.9. The molecule has 0 saturated heterocycles. The Kier molecular flexibility index (Phi) is 7.44. The standard InChI is InChI=1S/C26H26N2O7S/c1-36(32,33)21-10-5-9-20(17-21)28(26(31)19-7-3-2-4-8-19)14-13-27-15-16-34-25-22(27)11-6-12-23(25)35-18-24(29)30/h2-12,17H,13-16,18H2,1H3,(H,29,30). The molecule has 0 bridgehead atoms. The lowest BCUT2D eigenvalue weighted by Crippen LogP contribution is -2.42. The van der Waals surface area contributed by atoms with Gasteiger partial charge >= 0.3 is 5.97 Å². The summed E-state index contributed by atoms with van der Waals surface area (Å²) in [6.07, 6.45) is 1.13. The molecule has 0 atom stereocenters. The quantitative estimate of drug-likeness (QED) is 0.467. The highest BCUT2D eigenvalue weighted by molar-refractivity contribution is 7.90. The Bertz CT molecular complexity index is 1360. The molecule has 4 rings (SSSR count). The number of hydrogen-bond donors (Lipinski definition) is 1. The fraction of sp³-hybridized carbons (Fsp3) is 0.231.